The monoisotopic (exact) mass is 388 g/mol. The first kappa shape index (κ1) is 22.9. The molecule has 0 saturated heterocycles. The smallest absolute Gasteiger partial charge is 0.311 e. The van der Waals surface area contributed by atoms with Gasteiger partial charge in [-0.2, -0.15) is 0 Å². The normalized spacial score (nSPS) is 30.5. The van der Waals surface area contributed by atoms with Crippen LogP contribution in [0.4, 0.5) is 0 Å². The molecule has 0 spiro atoms. The third kappa shape index (κ3) is 4.30. The van der Waals surface area contributed by atoms with Crippen molar-refractivity contribution < 1.29 is 14.6 Å². The molecule has 0 heterocycles. The highest BCUT2D eigenvalue weighted by Gasteiger charge is 2.48. The summed E-state index contributed by atoms with van der Waals surface area (Å²) < 4.78 is 5.56. The molecule has 0 bridgehead atoms. The number of hydrogen-bond donors (Lipinski definition) is 1. The summed E-state index contributed by atoms with van der Waals surface area (Å²) >= 11 is 0. The maximum atomic E-state index is 12.1. The Kier molecular flexibility index (Phi) is 6.70. The number of aliphatic hydroxyl groups excluding tert-OH is 1. The van der Waals surface area contributed by atoms with E-state index in [1.807, 2.05) is 20.8 Å². The molecule has 0 aromatic carbocycles. The summed E-state index contributed by atoms with van der Waals surface area (Å²) in [6.45, 7) is 23.1. The molecule has 0 radical (unpaired) electrons. The van der Waals surface area contributed by atoms with Crippen molar-refractivity contribution in [3.8, 4) is 0 Å². The minimum atomic E-state index is -0.515. The minimum Gasteiger partial charge on any atom is -0.465 e. The van der Waals surface area contributed by atoms with Crippen molar-refractivity contribution in [2.75, 3.05) is 6.61 Å². The number of carbonyl (C=O) groups excluding carboxylic acids is 1. The molecule has 0 aromatic heterocycles. The van der Waals surface area contributed by atoms with Crippen LogP contribution in [0.3, 0.4) is 0 Å². The molecule has 1 N–H and O–H groups in total. The largest absolute Gasteiger partial charge is 0.465 e. The lowest BCUT2D eigenvalue weighted by molar-refractivity contribution is -0.154. The average molecular weight is 389 g/mol. The van der Waals surface area contributed by atoms with E-state index in [1.165, 1.54) is 11.1 Å². The number of rotatable bonds is 6. The van der Waals surface area contributed by atoms with Crippen LogP contribution in [0.5, 0.6) is 0 Å². The molecule has 158 valence electrons. The van der Waals surface area contributed by atoms with Gasteiger partial charge in [0, 0.05) is 11.3 Å². The summed E-state index contributed by atoms with van der Waals surface area (Å²) in [7, 11) is 0. The third-order valence-corrected chi connectivity index (χ3v) is 7.10. The molecule has 2 rings (SSSR count). The Labute approximate surface area is 171 Å². The van der Waals surface area contributed by atoms with Gasteiger partial charge in [0.25, 0.3) is 0 Å². The molecule has 1 saturated carbocycles. The standard InChI is InChI=1S/C25H40O3/c1-15(2)19-11-10-16(3)21(19)22(26)25(9)13-12-20(18(25)5)17(4)14-28-23(27)24(6,7)8/h17,19-20,22,26H,1,5,10-14H2,2-4,6-9H3/t17-,19+,20-,22-,25+/m1/s1. The second-order valence-electron chi connectivity index (χ2n) is 10.5. The van der Waals surface area contributed by atoms with E-state index in [-0.39, 0.29) is 29.1 Å². The summed E-state index contributed by atoms with van der Waals surface area (Å²) in [6.07, 6.45) is 3.46. The summed E-state index contributed by atoms with van der Waals surface area (Å²) in [5.41, 5.74) is 3.90. The maximum Gasteiger partial charge on any atom is 0.311 e. The zero-order chi connectivity index (χ0) is 21.4. The Morgan fingerprint density at radius 1 is 1.36 bits per heavy atom. The lowest BCUT2D eigenvalue weighted by Crippen LogP contribution is -2.36. The van der Waals surface area contributed by atoms with Crippen molar-refractivity contribution in [2.24, 2.45) is 28.6 Å². The second kappa shape index (κ2) is 8.18. The van der Waals surface area contributed by atoms with E-state index >= 15 is 0 Å². The van der Waals surface area contributed by atoms with Crippen LogP contribution in [-0.2, 0) is 9.53 Å². The zero-order valence-electron chi connectivity index (χ0n) is 19.0. The Morgan fingerprint density at radius 3 is 2.50 bits per heavy atom. The quantitative estimate of drug-likeness (QED) is 0.459. The van der Waals surface area contributed by atoms with Gasteiger partial charge >= 0.3 is 5.97 Å². The predicted octanol–water partition coefficient (Wildman–Crippen LogP) is 5.85. The topological polar surface area (TPSA) is 46.5 Å². The molecule has 2 aliphatic rings. The molecule has 2 aliphatic carbocycles. The number of hydrogen-bond acceptors (Lipinski definition) is 3. The van der Waals surface area contributed by atoms with E-state index in [0.717, 1.165) is 36.8 Å². The molecule has 0 aliphatic heterocycles. The number of esters is 1. The summed E-state index contributed by atoms with van der Waals surface area (Å²) in [4.78, 5) is 12.1. The predicted molar refractivity (Wildman–Crippen MR) is 116 cm³/mol. The van der Waals surface area contributed by atoms with E-state index in [0.29, 0.717) is 6.61 Å². The van der Waals surface area contributed by atoms with Crippen molar-refractivity contribution in [1.82, 2.24) is 0 Å². The fourth-order valence-electron chi connectivity index (χ4n) is 4.93. The molecule has 3 heteroatoms. The lowest BCUT2D eigenvalue weighted by Gasteiger charge is -2.37. The van der Waals surface area contributed by atoms with Crippen LogP contribution in [0.15, 0.2) is 35.5 Å². The Balaban J connectivity index is 2.12. The highest BCUT2D eigenvalue weighted by molar-refractivity contribution is 5.75. The van der Waals surface area contributed by atoms with Gasteiger partial charge in [0.05, 0.1) is 18.1 Å². The van der Waals surface area contributed by atoms with Gasteiger partial charge in [-0.3, -0.25) is 4.79 Å². The van der Waals surface area contributed by atoms with Crippen LogP contribution in [0.1, 0.15) is 74.1 Å². The first-order chi connectivity index (χ1) is 12.8. The number of ether oxygens (including phenoxy) is 1. The van der Waals surface area contributed by atoms with Crippen molar-refractivity contribution >= 4 is 5.97 Å². The number of allylic oxidation sites excluding steroid dienone is 2. The molecule has 0 unspecified atom stereocenters. The van der Waals surface area contributed by atoms with Crippen LogP contribution < -0.4 is 0 Å². The van der Waals surface area contributed by atoms with Crippen LogP contribution in [-0.4, -0.2) is 23.8 Å². The highest BCUT2D eigenvalue weighted by Crippen LogP contribution is 2.54. The van der Waals surface area contributed by atoms with E-state index in [2.05, 4.69) is 40.9 Å². The Hall–Kier alpha value is -1.35. The van der Waals surface area contributed by atoms with Crippen LogP contribution in [0, 0.1) is 28.6 Å². The minimum absolute atomic E-state index is 0.165. The number of aliphatic hydroxyl groups is 1. The Morgan fingerprint density at radius 2 is 1.96 bits per heavy atom. The van der Waals surface area contributed by atoms with Crippen molar-refractivity contribution in [2.45, 2.75) is 80.3 Å². The molecular weight excluding hydrogens is 348 g/mol. The molecular formula is C25H40O3. The number of carbonyl (C=O) groups is 1. The van der Waals surface area contributed by atoms with Crippen molar-refractivity contribution in [3.05, 3.63) is 35.5 Å². The van der Waals surface area contributed by atoms with E-state index in [9.17, 15) is 9.90 Å². The molecule has 1 fully saturated rings. The van der Waals surface area contributed by atoms with E-state index in [4.69, 9.17) is 4.74 Å². The van der Waals surface area contributed by atoms with Crippen LogP contribution in [0.25, 0.3) is 0 Å². The average Bonchev–Trinajstić information content (AvgIpc) is 3.12. The van der Waals surface area contributed by atoms with Crippen LogP contribution >= 0.6 is 0 Å². The SMILES string of the molecule is C=C(C)[C@@H]1CCC(C)=C1[C@@H](O)[C@@]1(C)CC[C@H]([C@H](C)COC(=O)C(C)(C)C)C1=C. The van der Waals surface area contributed by atoms with Gasteiger partial charge < -0.3 is 9.84 Å². The van der Waals surface area contributed by atoms with Gasteiger partial charge in [-0.1, -0.05) is 43.7 Å². The maximum absolute atomic E-state index is 12.1. The molecule has 0 amide bonds. The zero-order valence-corrected chi connectivity index (χ0v) is 19.0. The van der Waals surface area contributed by atoms with Gasteiger partial charge in [0.2, 0.25) is 0 Å². The van der Waals surface area contributed by atoms with Crippen molar-refractivity contribution in [3.63, 3.8) is 0 Å². The molecule has 0 aromatic rings. The first-order valence-corrected chi connectivity index (χ1v) is 10.7. The van der Waals surface area contributed by atoms with Gasteiger partial charge in [-0.15, -0.1) is 0 Å². The first-order valence-electron chi connectivity index (χ1n) is 10.7. The Bertz CT molecular complexity index is 678. The van der Waals surface area contributed by atoms with Gasteiger partial charge in [0.1, 0.15) is 0 Å². The van der Waals surface area contributed by atoms with E-state index < -0.39 is 11.5 Å². The molecule has 3 nitrogen and oxygen atoms in total. The second-order valence-corrected chi connectivity index (χ2v) is 10.5. The fourth-order valence-corrected chi connectivity index (χ4v) is 4.93. The van der Waals surface area contributed by atoms with Crippen molar-refractivity contribution in [1.29, 1.82) is 0 Å². The van der Waals surface area contributed by atoms with Gasteiger partial charge in [-0.25, -0.2) is 0 Å². The third-order valence-electron chi connectivity index (χ3n) is 7.10. The molecule has 28 heavy (non-hydrogen) atoms. The van der Waals surface area contributed by atoms with E-state index in [1.54, 1.807) is 0 Å². The molecule has 5 atom stereocenters. The fraction of sp³-hybridized carbons (Fsp3) is 0.720. The van der Waals surface area contributed by atoms with Crippen LogP contribution in [0.2, 0.25) is 0 Å². The highest BCUT2D eigenvalue weighted by atomic mass is 16.5. The van der Waals surface area contributed by atoms with Gasteiger partial charge in [-0.05, 0) is 77.7 Å². The summed E-state index contributed by atoms with van der Waals surface area (Å²) in [6, 6.07) is 0. The lowest BCUT2D eigenvalue weighted by atomic mass is 9.71. The summed E-state index contributed by atoms with van der Waals surface area (Å²) in [5, 5.41) is 11.4. The summed E-state index contributed by atoms with van der Waals surface area (Å²) in [5.74, 6) is 0.576. The van der Waals surface area contributed by atoms with Gasteiger partial charge in [0.15, 0.2) is 0 Å².